The van der Waals surface area contributed by atoms with Crippen LogP contribution in [0.4, 0.5) is 11.5 Å². The fourth-order valence-corrected chi connectivity index (χ4v) is 3.41. The van der Waals surface area contributed by atoms with Gasteiger partial charge in [-0.25, -0.2) is 4.98 Å². The third kappa shape index (κ3) is 3.91. The van der Waals surface area contributed by atoms with Crippen molar-refractivity contribution in [2.45, 2.75) is 13.8 Å². The zero-order valence-electron chi connectivity index (χ0n) is 16.8. The molecule has 0 bridgehead atoms. The van der Waals surface area contributed by atoms with Crippen LogP contribution in [0.25, 0.3) is 22.8 Å². The van der Waals surface area contributed by atoms with Gasteiger partial charge in [-0.3, -0.25) is 14.2 Å². The number of anilines is 2. The maximum absolute atomic E-state index is 13.1. The summed E-state index contributed by atoms with van der Waals surface area (Å²) in [5, 5.41) is 3.82. The van der Waals surface area contributed by atoms with Crippen molar-refractivity contribution in [3.05, 3.63) is 100 Å². The van der Waals surface area contributed by atoms with Crippen LogP contribution in [0.2, 0.25) is 0 Å². The van der Waals surface area contributed by atoms with Crippen molar-refractivity contribution in [3.8, 4) is 5.69 Å². The number of nitrogens with zero attached hydrogens (tertiary/aromatic N) is 2. The van der Waals surface area contributed by atoms with E-state index in [-0.39, 0.29) is 11.2 Å². The molecule has 0 radical (unpaired) electrons. The van der Waals surface area contributed by atoms with Gasteiger partial charge in [-0.2, -0.15) is 0 Å². The van der Waals surface area contributed by atoms with Crippen molar-refractivity contribution in [1.29, 1.82) is 0 Å². The number of pyridine rings is 2. The molecule has 5 heteroatoms. The summed E-state index contributed by atoms with van der Waals surface area (Å²) in [5.41, 5.74) is 3.55. The van der Waals surface area contributed by atoms with E-state index in [9.17, 15) is 9.59 Å². The summed E-state index contributed by atoms with van der Waals surface area (Å²) in [4.78, 5) is 29.3. The number of carbonyl (C=O) groups is 1. The molecule has 0 amide bonds. The summed E-state index contributed by atoms with van der Waals surface area (Å²) in [7, 11) is 0. The molecule has 0 saturated carbocycles. The number of aryl methyl sites for hydroxylation is 1. The molecule has 0 aliphatic carbocycles. The van der Waals surface area contributed by atoms with Crippen LogP contribution in [0.15, 0.2) is 83.7 Å². The third-order valence-electron chi connectivity index (χ3n) is 4.68. The number of hydrogen-bond donors (Lipinski definition) is 1. The molecule has 0 saturated heterocycles. The Balaban J connectivity index is 2.05. The highest BCUT2D eigenvalue weighted by atomic mass is 16.1. The van der Waals surface area contributed by atoms with Gasteiger partial charge < -0.3 is 5.32 Å². The van der Waals surface area contributed by atoms with Gasteiger partial charge in [0, 0.05) is 23.1 Å². The SMILES string of the molecule is CC(=O)C=Cc1cc(C)nc2c1c(=O)cc(Nc1ccccc1)n2-c1ccccc1. The summed E-state index contributed by atoms with van der Waals surface area (Å²) < 4.78 is 1.93. The molecule has 0 atom stereocenters. The largest absolute Gasteiger partial charge is 0.341 e. The minimum atomic E-state index is -0.161. The van der Waals surface area contributed by atoms with Gasteiger partial charge in [-0.05, 0) is 55.8 Å². The molecule has 0 aliphatic rings. The van der Waals surface area contributed by atoms with E-state index in [1.807, 2.05) is 78.2 Å². The summed E-state index contributed by atoms with van der Waals surface area (Å²) >= 11 is 0. The Morgan fingerprint density at radius 3 is 2.33 bits per heavy atom. The van der Waals surface area contributed by atoms with Gasteiger partial charge >= 0.3 is 0 Å². The van der Waals surface area contributed by atoms with Crippen LogP contribution in [0, 0.1) is 6.92 Å². The first-order valence-corrected chi connectivity index (χ1v) is 9.66. The zero-order chi connectivity index (χ0) is 21.1. The second kappa shape index (κ2) is 8.17. The Labute approximate surface area is 174 Å². The van der Waals surface area contributed by atoms with E-state index in [2.05, 4.69) is 5.32 Å². The number of ketones is 1. The fraction of sp³-hybridized carbons (Fsp3) is 0.0800. The van der Waals surface area contributed by atoms with Gasteiger partial charge in [0.05, 0.1) is 5.39 Å². The molecule has 148 valence electrons. The van der Waals surface area contributed by atoms with Gasteiger partial charge in [0.25, 0.3) is 0 Å². The van der Waals surface area contributed by atoms with E-state index >= 15 is 0 Å². The Morgan fingerprint density at radius 1 is 1.00 bits per heavy atom. The Bertz CT molecular complexity index is 1310. The van der Waals surface area contributed by atoms with E-state index < -0.39 is 0 Å². The molecule has 2 aromatic heterocycles. The van der Waals surface area contributed by atoms with Gasteiger partial charge in [-0.1, -0.05) is 42.5 Å². The van der Waals surface area contributed by atoms with Crippen molar-refractivity contribution >= 4 is 34.4 Å². The number of fused-ring (bicyclic) bond motifs is 1. The predicted octanol–water partition coefficient (Wildman–Crippen LogP) is 5.04. The number of allylic oxidation sites excluding steroid dienone is 1. The van der Waals surface area contributed by atoms with Crippen molar-refractivity contribution in [3.63, 3.8) is 0 Å². The molecule has 30 heavy (non-hydrogen) atoms. The third-order valence-corrected chi connectivity index (χ3v) is 4.68. The Hall–Kier alpha value is -3.99. The number of benzene rings is 2. The summed E-state index contributed by atoms with van der Waals surface area (Å²) in [6, 6.07) is 22.8. The normalized spacial score (nSPS) is 11.1. The molecule has 0 fully saturated rings. The Kier molecular flexibility index (Phi) is 5.26. The van der Waals surface area contributed by atoms with E-state index in [1.54, 1.807) is 12.1 Å². The molecule has 0 unspecified atom stereocenters. The number of para-hydroxylation sites is 2. The van der Waals surface area contributed by atoms with Crippen LogP contribution in [-0.4, -0.2) is 15.3 Å². The molecule has 2 heterocycles. The first-order chi connectivity index (χ1) is 14.5. The zero-order valence-corrected chi connectivity index (χ0v) is 16.8. The van der Waals surface area contributed by atoms with Crippen LogP contribution in [0.5, 0.6) is 0 Å². The first-order valence-electron chi connectivity index (χ1n) is 9.66. The second-order valence-electron chi connectivity index (χ2n) is 7.05. The first kappa shape index (κ1) is 19.3. The van der Waals surface area contributed by atoms with Crippen LogP contribution < -0.4 is 10.7 Å². The predicted molar refractivity (Wildman–Crippen MR) is 122 cm³/mol. The van der Waals surface area contributed by atoms with Crippen LogP contribution in [0.1, 0.15) is 18.2 Å². The number of carbonyl (C=O) groups excluding carboxylic acids is 1. The lowest BCUT2D eigenvalue weighted by Gasteiger charge is -2.19. The second-order valence-corrected chi connectivity index (χ2v) is 7.05. The quantitative estimate of drug-likeness (QED) is 0.481. The van der Waals surface area contributed by atoms with Crippen LogP contribution >= 0.6 is 0 Å². The van der Waals surface area contributed by atoms with Gasteiger partial charge in [0.2, 0.25) is 0 Å². The van der Waals surface area contributed by atoms with Crippen molar-refractivity contribution in [1.82, 2.24) is 9.55 Å². The maximum Gasteiger partial charge on any atom is 0.193 e. The molecule has 5 nitrogen and oxygen atoms in total. The molecule has 4 aromatic rings. The minimum absolute atomic E-state index is 0.0802. The molecular weight excluding hydrogens is 374 g/mol. The minimum Gasteiger partial charge on any atom is -0.341 e. The van der Waals surface area contributed by atoms with Gasteiger partial charge in [0.15, 0.2) is 16.9 Å². The monoisotopic (exact) mass is 395 g/mol. The molecule has 4 rings (SSSR count). The maximum atomic E-state index is 13.1. The molecule has 2 aromatic carbocycles. The van der Waals surface area contributed by atoms with E-state index in [1.165, 1.54) is 13.0 Å². The van der Waals surface area contributed by atoms with E-state index in [4.69, 9.17) is 4.98 Å². The number of nitrogens with one attached hydrogen (secondary N) is 1. The topological polar surface area (TPSA) is 64.0 Å². The highest BCUT2D eigenvalue weighted by molar-refractivity contribution is 5.96. The van der Waals surface area contributed by atoms with Crippen molar-refractivity contribution < 1.29 is 4.79 Å². The van der Waals surface area contributed by atoms with Gasteiger partial charge in [-0.15, -0.1) is 0 Å². The number of hydrogen-bond acceptors (Lipinski definition) is 4. The van der Waals surface area contributed by atoms with Crippen LogP contribution in [0.3, 0.4) is 0 Å². The Morgan fingerprint density at radius 2 is 1.67 bits per heavy atom. The lowest BCUT2D eigenvalue weighted by molar-refractivity contribution is -0.112. The van der Waals surface area contributed by atoms with E-state index in [0.29, 0.717) is 22.4 Å². The highest BCUT2D eigenvalue weighted by Crippen LogP contribution is 2.26. The van der Waals surface area contributed by atoms with Crippen molar-refractivity contribution in [2.24, 2.45) is 0 Å². The van der Waals surface area contributed by atoms with Crippen LogP contribution in [-0.2, 0) is 4.79 Å². The van der Waals surface area contributed by atoms with Crippen molar-refractivity contribution in [2.75, 3.05) is 5.32 Å². The highest BCUT2D eigenvalue weighted by Gasteiger charge is 2.15. The molecule has 1 N–H and O–H groups in total. The molecule has 0 spiro atoms. The lowest BCUT2D eigenvalue weighted by Crippen LogP contribution is -2.15. The summed E-state index contributed by atoms with van der Waals surface area (Å²) in [5.74, 6) is 0.535. The standard InChI is InChI=1S/C25H21N3O2/c1-17-15-19(14-13-18(2)29)24-22(30)16-23(27-20-9-5-3-6-10-20)28(25(24)26-17)21-11-7-4-8-12-21/h3-16,27H,1-2H3. The fourth-order valence-electron chi connectivity index (χ4n) is 3.41. The number of rotatable bonds is 5. The number of aromatic nitrogens is 2. The average Bonchev–Trinajstić information content (AvgIpc) is 2.73. The van der Waals surface area contributed by atoms with E-state index in [0.717, 1.165) is 17.1 Å². The summed E-state index contributed by atoms with van der Waals surface area (Å²) in [6.07, 6.45) is 3.15. The lowest BCUT2D eigenvalue weighted by atomic mass is 10.1. The molecule has 0 aliphatic heterocycles. The average molecular weight is 395 g/mol. The smallest absolute Gasteiger partial charge is 0.193 e. The summed E-state index contributed by atoms with van der Waals surface area (Å²) in [6.45, 7) is 3.36. The molecular formula is C25H21N3O2. The van der Waals surface area contributed by atoms with Gasteiger partial charge in [0.1, 0.15) is 5.82 Å².